The fourth-order valence-corrected chi connectivity index (χ4v) is 5.36. The molecule has 0 unspecified atom stereocenters. The fourth-order valence-electron chi connectivity index (χ4n) is 5.36. The van der Waals surface area contributed by atoms with Crippen LogP contribution in [0.5, 0.6) is 0 Å². The molecule has 0 saturated heterocycles. The lowest BCUT2D eigenvalue weighted by atomic mass is 9.89. The number of hydrogen-bond acceptors (Lipinski definition) is 4. The second kappa shape index (κ2) is 13.5. The number of nitrogens with two attached hydrogens (primary N) is 1. The highest BCUT2D eigenvalue weighted by Gasteiger charge is 2.42. The molecule has 0 aliphatic heterocycles. The van der Waals surface area contributed by atoms with Gasteiger partial charge in [-0.15, -0.1) is 0 Å². The minimum Gasteiger partial charge on any atom is -0.465 e. The summed E-state index contributed by atoms with van der Waals surface area (Å²) in [6, 6.07) is 22.1. The van der Waals surface area contributed by atoms with Crippen LogP contribution in [0, 0.1) is 0 Å². The standard InChI is InChI=1S/C34H42N4O5/c1-23(21-33(2,3)36-32(42)43)18-29(39)37(5)28(20-25-16-17-26-14-10-11-15-27(26)19-25)30(40)38(6)34(4,31(35)41)22-24-12-8-7-9-13-24/h7-19,28,36H,20-22H2,1-6H3,(H2,35,41)(H,42,43)/t28-,34-/m1/s1. The van der Waals surface area contributed by atoms with Gasteiger partial charge in [0.2, 0.25) is 17.7 Å². The number of benzene rings is 3. The maximum atomic E-state index is 14.3. The number of carboxylic acid groups (broad SMARTS) is 1. The molecular weight excluding hydrogens is 544 g/mol. The van der Waals surface area contributed by atoms with Gasteiger partial charge in [0.25, 0.3) is 0 Å². The average Bonchev–Trinajstić information content (AvgIpc) is 2.93. The van der Waals surface area contributed by atoms with Crippen molar-refractivity contribution in [3.63, 3.8) is 0 Å². The van der Waals surface area contributed by atoms with E-state index in [9.17, 15) is 19.2 Å². The summed E-state index contributed by atoms with van der Waals surface area (Å²) in [6.45, 7) is 6.83. The predicted molar refractivity (Wildman–Crippen MR) is 168 cm³/mol. The predicted octanol–water partition coefficient (Wildman–Crippen LogP) is 4.54. The van der Waals surface area contributed by atoms with Crippen LogP contribution in [-0.4, -0.2) is 69.9 Å². The third kappa shape index (κ3) is 8.44. The van der Waals surface area contributed by atoms with Gasteiger partial charge in [0.1, 0.15) is 11.6 Å². The molecule has 43 heavy (non-hydrogen) atoms. The lowest BCUT2D eigenvalue weighted by Crippen LogP contribution is -2.61. The summed E-state index contributed by atoms with van der Waals surface area (Å²) in [5, 5.41) is 13.6. The topological polar surface area (TPSA) is 133 Å². The lowest BCUT2D eigenvalue weighted by Gasteiger charge is -2.40. The molecule has 4 amide bonds. The summed E-state index contributed by atoms with van der Waals surface area (Å²) in [5.41, 5.74) is 6.08. The van der Waals surface area contributed by atoms with Gasteiger partial charge in [0.05, 0.1) is 0 Å². The maximum absolute atomic E-state index is 14.3. The largest absolute Gasteiger partial charge is 0.465 e. The molecule has 0 heterocycles. The van der Waals surface area contributed by atoms with Crippen LogP contribution in [0.15, 0.2) is 84.4 Å². The van der Waals surface area contributed by atoms with Crippen LogP contribution >= 0.6 is 0 Å². The first-order valence-electron chi connectivity index (χ1n) is 14.2. The molecule has 3 rings (SSSR count). The van der Waals surface area contributed by atoms with Gasteiger partial charge in [0.15, 0.2) is 0 Å². The van der Waals surface area contributed by atoms with Crippen molar-refractivity contribution in [2.24, 2.45) is 5.73 Å². The number of carbonyl (C=O) groups excluding carboxylic acids is 3. The van der Waals surface area contributed by atoms with Crippen molar-refractivity contribution >= 4 is 34.6 Å². The Morgan fingerprint density at radius 2 is 1.51 bits per heavy atom. The number of hydrogen-bond donors (Lipinski definition) is 3. The van der Waals surface area contributed by atoms with Gasteiger partial charge in [-0.1, -0.05) is 78.4 Å². The SMILES string of the molecule is CC(=CC(=O)N(C)[C@H](Cc1ccc2ccccc2c1)C(=O)N(C)[C@](C)(Cc1ccccc1)C(N)=O)CC(C)(C)NC(=O)O. The summed E-state index contributed by atoms with van der Waals surface area (Å²) in [7, 11) is 3.10. The minimum absolute atomic E-state index is 0.204. The van der Waals surface area contributed by atoms with Crippen LogP contribution in [-0.2, 0) is 27.2 Å². The number of primary amides is 1. The molecule has 3 aromatic carbocycles. The van der Waals surface area contributed by atoms with E-state index < -0.39 is 40.9 Å². The zero-order valence-corrected chi connectivity index (χ0v) is 25.8. The number of fused-ring (bicyclic) bond motifs is 1. The van der Waals surface area contributed by atoms with Crippen LogP contribution in [0.1, 0.15) is 45.2 Å². The first-order valence-corrected chi connectivity index (χ1v) is 14.2. The van der Waals surface area contributed by atoms with Crippen molar-refractivity contribution in [2.45, 2.75) is 64.1 Å². The van der Waals surface area contributed by atoms with Gasteiger partial charge < -0.3 is 26.0 Å². The normalized spacial score (nSPS) is 14.0. The molecule has 9 nitrogen and oxygen atoms in total. The van der Waals surface area contributed by atoms with Crippen LogP contribution in [0.25, 0.3) is 10.8 Å². The average molecular weight is 587 g/mol. The lowest BCUT2D eigenvalue weighted by molar-refractivity contribution is -0.149. The van der Waals surface area contributed by atoms with E-state index in [0.717, 1.165) is 21.9 Å². The summed E-state index contributed by atoms with van der Waals surface area (Å²) < 4.78 is 0. The van der Waals surface area contributed by atoms with Crippen molar-refractivity contribution in [3.8, 4) is 0 Å². The number of rotatable bonds is 12. The Balaban J connectivity index is 1.97. The Labute approximate surface area is 253 Å². The van der Waals surface area contributed by atoms with E-state index in [1.54, 1.807) is 41.8 Å². The molecule has 0 aromatic heterocycles. The fraction of sp³-hybridized carbons (Fsp3) is 0.353. The third-order valence-corrected chi connectivity index (χ3v) is 7.87. The molecule has 0 aliphatic carbocycles. The number of carbonyl (C=O) groups is 4. The Bertz CT molecular complexity index is 1520. The van der Waals surface area contributed by atoms with Crippen molar-refractivity contribution in [1.82, 2.24) is 15.1 Å². The van der Waals surface area contributed by atoms with E-state index in [1.165, 1.54) is 15.9 Å². The van der Waals surface area contributed by atoms with Gasteiger partial charge >= 0.3 is 6.09 Å². The molecule has 4 N–H and O–H groups in total. The summed E-state index contributed by atoms with van der Waals surface area (Å²) in [6.07, 6.45) is 0.965. The van der Waals surface area contributed by atoms with Gasteiger partial charge in [0, 0.05) is 38.6 Å². The molecule has 0 bridgehead atoms. The highest BCUT2D eigenvalue weighted by atomic mass is 16.4. The van der Waals surface area contributed by atoms with Gasteiger partial charge in [-0.3, -0.25) is 14.4 Å². The molecule has 0 radical (unpaired) electrons. The van der Waals surface area contributed by atoms with E-state index in [2.05, 4.69) is 5.32 Å². The van der Waals surface area contributed by atoms with Gasteiger partial charge in [-0.25, -0.2) is 4.79 Å². The second-order valence-corrected chi connectivity index (χ2v) is 12.0. The first kappa shape index (κ1) is 32.8. The van der Waals surface area contributed by atoms with Crippen LogP contribution in [0.4, 0.5) is 4.79 Å². The van der Waals surface area contributed by atoms with Crippen LogP contribution in [0.3, 0.4) is 0 Å². The number of likely N-dealkylation sites (N-methyl/N-ethyl adjacent to an activating group) is 2. The maximum Gasteiger partial charge on any atom is 0.405 e. The van der Waals surface area contributed by atoms with Crippen LogP contribution < -0.4 is 11.1 Å². The van der Waals surface area contributed by atoms with E-state index in [-0.39, 0.29) is 12.8 Å². The molecule has 0 spiro atoms. The zero-order chi connectivity index (χ0) is 31.9. The highest BCUT2D eigenvalue weighted by Crippen LogP contribution is 2.24. The molecule has 2 atom stereocenters. The van der Waals surface area contributed by atoms with Crippen molar-refractivity contribution < 1.29 is 24.3 Å². The molecule has 0 saturated carbocycles. The minimum atomic E-state index is -1.36. The number of amides is 4. The molecule has 0 aliphatic rings. The van der Waals surface area contributed by atoms with Crippen LogP contribution in [0.2, 0.25) is 0 Å². The first-order chi connectivity index (χ1) is 20.1. The molecule has 0 fully saturated rings. The Morgan fingerprint density at radius 1 is 0.907 bits per heavy atom. The van der Waals surface area contributed by atoms with Crippen molar-refractivity contribution in [1.29, 1.82) is 0 Å². The van der Waals surface area contributed by atoms with Crippen molar-refractivity contribution in [3.05, 3.63) is 95.6 Å². The quantitative estimate of drug-likeness (QED) is 0.268. The van der Waals surface area contributed by atoms with E-state index in [1.807, 2.05) is 72.8 Å². The highest BCUT2D eigenvalue weighted by molar-refractivity contribution is 5.96. The van der Waals surface area contributed by atoms with E-state index in [4.69, 9.17) is 10.8 Å². The van der Waals surface area contributed by atoms with Gasteiger partial charge in [-0.05, 0) is 56.0 Å². The van der Waals surface area contributed by atoms with E-state index in [0.29, 0.717) is 12.0 Å². The smallest absolute Gasteiger partial charge is 0.405 e. The Hall–Kier alpha value is -4.66. The third-order valence-electron chi connectivity index (χ3n) is 7.87. The summed E-state index contributed by atoms with van der Waals surface area (Å²) >= 11 is 0. The molecule has 9 heteroatoms. The Morgan fingerprint density at radius 3 is 2.12 bits per heavy atom. The van der Waals surface area contributed by atoms with Crippen molar-refractivity contribution in [2.75, 3.05) is 14.1 Å². The number of nitrogens with zero attached hydrogens (tertiary/aromatic N) is 2. The monoisotopic (exact) mass is 586 g/mol. The van der Waals surface area contributed by atoms with Gasteiger partial charge in [-0.2, -0.15) is 0 Å². The molecule has 228 valence electrons. The molecular formula is C34H42N4O5. The van der Waals surface area contributed by atoms with E-state index >= 15 is 0 Å². The Kier molecular flexibility index (Phi) is 10.3. The second-order valence-electron chi connectivity index (χ2n) is 12.0. The summed E-state index contributed by atoms with van der Waals surface area (Å²) in [5.74, 6) is -1.50. The number of nitrogens with one attached hydrogen (secondary N) is 1. The molecule has 3 aromatic rings. The zero-order valence-electron chi connectivity index (χ0n) is 25.8. The summed E-state index contributed by atoms with van der Waals surface area (Å²) in [4.78, 5) is 54.6.